The summed E-state index contributed by atoms with van der Waals surface area (Å²) in [5.41, 5.74) is 7.02. The van der Waals surface area contributed by atoms with Gasteiger partial charge in [-0.05, 0) is 37.6 Å². The number of carbonyl (C=O) groups is 1. The number of rotatable bonds is 6. The summed E-state index contributed by atoms with van der Waals surface area (Å²) >= 11 is 0. The minimum Gasteiger partial charge on any atom is -0.399 e. The number of unbranched alkanes of at least 4 members (excludes halogenated alkanes) is 2. The van der Waals surface area contributed by atoms with Crippen molar-refractivity contribution in [1.82, 2.24) is 5.32 Å². The molecule has 0 aliphatic rings. The zero-order valence-electron chi connectivity index (χ0n) is 11.2. The van der Waals surface area contributed by atoms with Crippen LogP contribution in [0.2, 0.25) is 0 Å². The molecule has 0 aromatic heterocycles. The number of nitrogens with two attached hydrogens (primary N) is 1. The summed E-state index contributed by atoms with van der Waals surface area (Å²) in [6.45, 7) is 4.20. The number of hydrogen-bond donors (Lipinski definition) is 3. The largest absolute Gasteiger partial charge is 0.399 e. The molecule has 1 unspecified atom stereocenters. The molecule has 0 saturated carbocycles. The Bertz CT molecular complexity index is 362. The van der Waals surface area contributed by atoms with Gasteiger partial charge in [-0.25, -0.2) is 4.79 Å². The highest BCUT2D eigenvalue weighted by Crippen LogP contribution is 2.10. The Balaban J connectivity index is 2.30. The molecule has 4 nitrogen and oxygen atoms in total. The summed E-state index contributed by atoms with van der Waals surface area (Å²) in [4.78, 5) is 11.7. The lowest BCUT2D eigenvalue weighted by Gasteiger charge is -2.14. The first-order chi connectivity index (χ1) is 8.61. The van der Waals surface area contributed by atoms with Crippen LogP contribution in [0.5, 0.6) is 0 Å². The van der Waals surface area contributed by atoms with E-state index in [2.05, 4.69) is 17.6 Å². The van der Waals surface area contributed by atoms with Gasteiger partial charge in [0.25, 0.3) is 0 Å². The molecular weight excluding hydrogens is 226 g/mol. The molecule has 0 saturated heterocycles. The van der Waals surface area contributed by atoms with Crippen molar-refractivity contribution in [2.45, 2.75) is 45.6 Å². The Morgan fingerprint density at radius 2 is 1.94 bits per heavy atom. The highest BCUT2D eigenvalue weighted by Gasteiger charge is 2.06. The maximum absolute atomic E-state index is 11.7. The van der Waals surface area contributed by atoms with Gasteiger partial charge in [-0.3, -0.25) is 0 Å². The first-order valence-corrected chi connectivity index (χ1v) is 6.55. The second-order valence-electron chi connectivity index (χ2n) is 4.62. The van der Waals surface area contributed by atoms with Gasteiger partial charge in [0.2, 0.25) is 0 Å². The Hall–Kier alpha value is -1.71. The molecule has 4 heteroatoms. The molecular formula is C14H23N3O. The Morgan fingerprint density at radius 1 is 1.28 bits per heavy atom. The normalized spacial score (nSPS) is 11.9. The summed E-state index contributed by atoms with van der Waals surface area (Å²) in [7, 11) is 0. The van der Waals surface area contributed by atoms with Crippen molar-refractivity contribution >= 4 is 17.4 Å². The molecule has 1 atom stereocenters. The van der Waals surface area contributed by atoms with Crippen molar-refractivity contribution in [2.75, 3.05) is 11.1 Å². The summed E-state index contributed by atoms with van der Waals surface area (Å²) in [5, 5.41) is 5.71. The van der Waals surface area contributed by atoms with E-state index in [9.17, 15) is 4.79 Å². The fourth-order valence-corrected chi connectivity index (χ4v) is 1.73. The number of benzene rings is 1. The third-order valence-electron chi connectivity index (χ3n) is 2.79. The van der Waals surface area contributed by atoms with E-state index in [1.165, 1.54) is 12.8 Å². The van der Waals surface area contributed by atoms with E-state index in [0.717, 1.165) is 18.5 Å². The Labute approximate surface area is 109 Å². The van der Waals surface area contributed by atoms with Crippen LogP contribution in [0.3, 0.4) is 0 Å². The molecule has 100 valence electrons. The maximum Gasteiger partial charge on any atom is 0.319 e. The van der Waals surface area contributed by atoms with E-state index < -0.39 is 0 Å². The van der Waals surface area contributed by atoms with Crippen molar-refractivity contribution in [3.8, 4) is 0 Å². The lowest BCUT2D eigenvalue weighted by atomic mass is 10.1. The smallest absolute Gasteiger partial charge is 0.319 e. The van der Waals surface area contributed by atoms with Crippen molar-refractivity contribution in [1.29, 1.82) is 0 Å². The SMILES string of the molecule is CCCCCC(C)NC(=O)Nc1ccc(N)cc1. The summed E-state index contributed by atoms with van der Waals surface area (Å²) in [6, 6.07) is 7.14. The predicted molar refractivity (Wildman–Crippen MR) is 76.6 cm³/mol. The fraction of sp³-hybridized carbons (Fsp3) is 0.500. The summed E-state index contributed by atoms with van der Waals surface area (Å²) in [6.07, 6.45) is 4.58. The summed E-state index contributed by atoms with van der Waals surface area (Å²) in [5.74, 6) is 0. The molecule has 1 aromatic carbocycles. The average Bonchev–Trinajstić information content (AvgIpc) is 2.32. The predicted octanol–water partition coefficient (Wildman–Crippen LogP) is 3.36. The van der Waals surface area contributed by atoms with Crippen LogP contribution in [-0.4, -0.2) is 12.1 Å². The van der Waals surface area contributed by atoms with E-state index in [4.69, 9.17) is 5.73 Å². The van der Waals surface area contributed by atoms with Gasteiger partial charge in [-0.15, -0.1) is 0 Å². The quantitative estimate of drug-likeness (QED) is 0.534. The van der Waals surface area contributed by atoms with Crippen molar-refractivity contribution in [3.05, 3.63) is 24.3 Å². The highest BCUT2D eigenvalue weighted by molar-refractivity contribution is 5.89. The molecule has 0 aliphatic heterocycles. The van der Waals surface area contributed by atoms with Crippen LogP contribution in [0.15, 0.2) is 24.3 Å². The van der Waals surface area contributed by atoms with Gasteiger partial charge in [0.1, 0.15) is 0 Å². The van der Waals surface area contributed by atoms with Gasteiger partial charge in [-0.2, -0.15) is 0 Å². The monoisotopic (exact) mass is 249 g/mol. The molecule has 0 spiro atoms. The van der Waals surface area contributed by atoms with E-state index in [-0.39, 0.29) is 12.1 Å². The maximum atomic E-state index is 11.7. The Morgan fingerprint density at radius 3 is 2.56 bits per heavy atom. The zero-order chi connectivity index (χ0) is 13.4. The molecule has 2 amide bonds. The van der Waals surface area contributed by atoms with Crippen LogP contribution in [0.25, 0.3) is 0 Å². The topological polar surface area (TPSA) is 67.2 Å². The number of hydrogen-bond acceptors (Lipinski definition) is 2. The number of nitrogen functional groups attached to an aromatic ring is 1. The second kappa shape index (κ2) is 7.58. The van der Waals surface area contributed by atoms with Gasteiger partial charge in [-0.1, -0.05) is 26.2 Å². The summed E-state index contributed by atoms with van der Waals surface area (Å²) < 4.78 is 0. The van der Waals surface area contributed by atoms with E-state index in [1.54, 1.807) is 24.3 Å². The fourth-order valence-electron chi connectivity index (χ4n) is 1.73. The standard InChI is InChI=1S/C14H23N3O/c1-3-4-5-6-11(2)16-14(18)17-13-9-7-12(15)8-10-13/h7-11H,3-6,15H2,1-2H3,(H2,16,17,18). The number of amides is 2. The first-order valence-electron chi connectivity index (χ1n) is 6.55. The zero-order valence-corrected chi connectivity index (χ0v) is 11.2. The van der Waals surface area contributed by atoms with Gasteiger partial charge in [0, 0.05) is 17.4 Å². The molecule has 0 heterocycles. The van der Waals surface area contributed by atoms with Gasteiger partial charge >= 0.3 is 6.03 Å². The third-order valence-corrected chi connectivity index (χ3v) is 2.79. The molecule has 1 aromatic rings. The lowest BCUT2D eigenvalue weighted by molar-refractivity contribution is 0.248. The second-order valence-corrected chi connectivity index (χ2v) is 4.62. The lowest BCUT2D eigenvalue weighted by Crippen LogP contribution is -2.36. The Kier molecular flexibility index (Phi) is 6.05. The van der Waals surface area contributed by atoms with Crippen molar-refractivity contribution in [2.24, 2.45) is 0 Å². The number of nitrogens with one attached hydrogen (secondary N) is 2. The minimum atomic E-state index is -0.163. The number of anilines is 2. The minimum absolute atomic E-state index is 0.163. The molecule has 0 aliphatic carbocycles. The first kappa shape index (κ1) is 14.4. The third kappa shape index (κ3) is 5.57. The van der Waals surface area contributed by atoms with E-state index >= 15 is 0 Å². The van der Waals surface area contributed by atoms with E-state index in [0.29, 0.717) is 5.69 Å². The number of urea groups is 1. The number of carbonyl (C=O) groups excluding carboxylic acids is 1. The highest BCUT2D eigenvalue weighted by atomic mass is 16.2. The molecule has 0 fully saturated rings. The molecule has 0 radical (unpaired) electrons. The van der Waals surface area contributed by atoms with Crippen LogP contribution in [-0.2, 0) is 0 Å². The molecule has 1 rings (SSSR count). The average molecular weight is 249 g/mol. The van der Waals surface area contributed by atoms with Crippen molar-refractivity contribution < 1.29 is 4.79 Å². The van der Waals surface area contributed by atoms with Crippen LogP contribution in [0.4, 0.5) is 16.2 Å². The van der Waals surface area contributed by atoms with E-state index in [1.807, 2.05) is 6.92 Å². The van der Waals surface area contributed by atoms with Gasteiger partial charge in [0.05, 0.1) is 0 Å². The van der Waals surface area contributed by atoms with Gasteiger partial charge in [0.15, 0.2) is 0 Å². The van der Waals surface area contributed by atoms with Crippen LogP contribution in [0, 0.1) is 0 Å². The molecule has 18 heavy (non-hydrogen) atoms. The van der Waals surface area contributed by atoms with Crippen LogP contribution < -0.4 is 16.4 Å². The van der Waals surface area contributed by atoms with Crippen molar-refractivity contribution in [3.63, 3.8) is 0 Å². The van der Waals surface area contributed by atoms with Crippen LogP contribution >= 0.6 is 0 Å². The van der Waals surface area contributed by atoms with Gasteiger partial charge < -0.3 is 16.4 Å². The molecule has 4 N–H and O–H groups in total. The molecule has 0 bridgehead atoms. The van der Waals surface area contributed by atoms with Crippen LogP contribution in [0.1, 0.15) is 39.5 Å².